The van der Waals surface area contributed by atoms with Gasteiger partial charge in [0, 0.05) is 24.2 Å². The van der Waals surface area contributed by atoms with E-state index in [1.807, 2.05) is 12.3 Å². The number of anilines is 2. The second-order valence-corrected chi connectivity index (χ2v) is 9.56. The largest absolute Gasteiger partial charge is 0.382 e. The molecule has 8 heteroatoms. The summed E-state index contributed by atoms with van der Waals surface area (Å²) in [5, 5.41) is 1.31. The van der Waals surface area contributed by atoms with Crippen molar-refractivity contribution in [3.8, 4) is 0 Å². The van der Waals surface area contributed by atoms with Gasteiger partial charge in [-0.1, -0.05) is 36.2 Å². The lowest BCUT2D eigenvalue weighted by Crippen LogP contribution is -2.39. The van der Waals surface area contributed by atoms with Crippen LogP contribution < -0.4 is 10.6 Å². The molecule has 5 nitrogen and oxygen atoms in total. The zero-order chi connectivity index (χ0) is 18.1. The van der Waals surface area contributed by atoms with Crippen LogP contribution in [0.25, 0.3) is 0 Å². The van der Waals surface area contributed by atoms with Crippen molar-refractivity contribution < 1.29 is 0 Å². The highest BCUT2D eigenvalue weighted by Crippen LogP contribution is 2.46. The van der Waals surface area contributed by atoms with Gasteiger partial charge in [-0.2, -0.15) is 0 Å². The van der Waals surface area contributed by atoms with E-state index in [0.717, 1.165) is 32.5 Å². The second kappa shape index (κ2) is 7.67. The quantitative estimate of drug-likeness (QED) is 0.596. The van der Waals surface area contributed by atoms with Gasteiger partial charge in [0.2, 0.25) is 0 Å². The van der Waals surface area contributed by atoms with Crippen LogP contribution >= 0.6 is 46.0 Å². The van der Waals surface area contributed by atoms with Crippen LogP contribution in [0.3, 0.4) is 0 Å². The number of halogens is 2. The molecule has 0 atom stereocenters. The molecule has 1 spiro atoms. The third-order valence-corrected chi connectivity index (χ3v) is 8.27. The molecular weight excluding hydrogens is 481 g/mol. The molecule has 2 aromatic rings. The summed E-state index contributed by atoms with van der Waals surface area (Å²) in [6.45, 7) is 2.17. The van der Waals surface area contributed by atoms with E-state index in [1.165, 1.54) is 50.3 Å². The first kappa shape index (κ1) is 18.6. The molecule has 3 heterocycles. The predicted octanol–water partition coefficient (Wildman–Crippen LogP) is 5.02. The Morgan fingerprint density at radius 3 is 2.58 bits per heavy atom. The Morgan fingerprint density at radius 2 is 1.88 bits per heavy atom. The van der Waals surface area contributed by atoms with Crippen LogP contribution in [0.1, 0.15) is 38.5 Å². The Hall–Kier alpha value is -0.800. The van der Waals surface area contributed by atoms with E-state index < -0.39 is 0 Å². The molecule has 0 radical (unpaired) electrons. The van der Waals surface area contributed by atoms with Crippen molar-refractivity contribution in [2.45, 2.75) is 48.4 Å². The molecule has 1 saturated carbocycles. The van der Waals surface area contributed by atoms with Crippen molar-refractivity contribution in [2.24, 2.45) is 5.41 Å². The zero-order valence-corrected chi connectivity index (χ0v) is 18.1. The first-order chi connectivity index (χ1) is 12.6. The molecule has 138 valence electrons. The Kier molecular flexibility index (Phi) is 5.48. The number of nitrogens with zero attached hydrogens (tertiary/aromatic N) is 4. The van der Waals surface area contributed by atoms with E-state index in [-0.39, 0.29) is 0 Å². The number of nitrogen functional groups attached to an aromatic ring is 1. The Bertz CT molecular complexity index is 802. The number of rotatable bonds is 3. The highest BCUT2D eigenvalue weighted by molar-refractivity contribution is 14.1. The normalized spacial score (nSPS) is 19.2. The van der Waals surface area contributed by atoms with Gasteiger partial charge in [0.25, 0.3) is 0 Å². The van der Waals surface area contributed by atoms with Crippen LogP contribution in [0.5, 0.6) is 0 Å². The molecule has 26 heavy (non-hydrogen) atoms. The van der Waals surface area contributed by atoms with E-state index in [0.29, 0.717) is 16.3 Å². The predicted molar refractivity (Wildman–Crippen MR) is 115 cm³/mol. The molecule has 2 aliphatic rings. The van der Waals surface area contributed by atoms with Crippen molar-refractivity contribution in [2.75, 3.05) is 23.7 Å². The van der Waals surface area contributed by atoms with E-state index in [9.17, 15) is 0 Å². The van der Waals surface area contributed by atoms with Gasteiger partial charge in [0.05, 0.1) is 11.2 Å². The molecule has 1 aliphatic heterocycles. The lowest BCUT2D eigenvalue weighted by Gasteiger charge is -2.39. The summed E-state index contributed by atoms with van der Waals surface area (Å²) in [5.74, 6) is 1.32. The third-order valence-electron chi connectivity index (χ3n) is 5.59. The van der Waals surface area contributed by atoms with Gasteiger partial charge in [-0.05, 0) is 59.8 Å². The summed E-state index contributed by atoms with van der Waals surface area (Å²) in [6, 6.07) is 1.85. The molecule has 2 N–H and O–H groups in total. The van der Waals surface area contributed by atoms with E-state index in [4.69, 9.17) is 22.3 Å². The summed E-state index contributed by atoms with van der Waals surface area (Å²) in [5.41, 5.74) is 6.40. The fourth-order valence-electron chi connectivity index (χ4n) is 4.03. The van der Waals surface area contributed by atoms with Crippen LogP contribution in [0.4, 0.5) is 11.6 Å². The minimum atomic E-state index is 0.338. The summed E-state index contributed by atoms with van der Waals surface area (Å²) in [4.78, 5) is 16.7. The number of hydrogen-bond acceptors (Lipinski definition) is 6. The zero-order valence-electron chi connectivity index (χ0n) is 14.4. The molecule has 2 aromatic heterocycles. The van der Waals surface area contributed by atoms with Crippen LogP contribution in [0.2, 0.25) is 5.02 Å². The summed E-state index contributed by atoms with van der Waals surface area (Å²) in [7, 11) is 0. The summed E-state index contributed by atoms with van der Waals surface area (Å²) in [6.07, 6.45) is 11.8. The SMILES string of the molecule is Nc1nccc(Sc2ncc(N3CCC4(CCCC4)CC3)nc2I)c1Cl. The first-order valence-corrected chi connectivity index (χ1v) is 11.2. The monoisotopic (exact) mass is 501 g/mol. The van der Waals surface area contributed by atoms with Crippen molar-refractivity contribution >= 4 is 57.6 Å². The molecule has 1 aliphatic carbocycles. The van der Waals surface area contributed by atoms with E-state index in [2.05, 4.69) is 37.5 Å². The van der Waals surface area contributed by atoms with Crippen LogP contribution in [0, 0.1) is 9.12 Å². The number of pyridine rings is 1. The number of nitrogens with two attached hydrogens (primary N) is 1. The Labute approximate surface area is 176 Å². The number of aromatic nitrogens is 3. The average Bonchev–Trinajstić information content (AvgIpc) is 3.09. The highest BCUT2D eigenvalue weighted by Gasteiger charge is 2.37. The minimum Gasteiger partial charge on any atom is -0.382 e. The maximum atomic E-state index is 6.24. The van der Waals surface area contributed by atoms with Crippen molar-refractivity contribution in [1.82, 2.24) is 15.0 Å². The van der Waals surface area contributed by atoms with E-state index in [1.54, 1.807) is 6.20 Å². The standard InChI is InChI=1S/C18H21ClIN5S/c19-14-12(3-8-22-16(14)21)26-17-15(20)24-13(11-23-17)25-9-6-18(7-10-25)4-1-2-5-18/h3,8,11H,1-2,4-7,9-10H2,(H2,21,22). The molecule has 1 saturated heterocycles. The molecule has 0 aromatic carbocycles. The maximum Gasteiger partial charge on any atom is 0.148 e. The first-order valence-electron chi connectivity index (χ1n) is 8.92. The molecule has 0 amide bonds. The van der Waals surface area contributed by atoms with Crippen molar-refractivity contribution in [3.63, 3.8) is 0 Å². The smallest absolute Gasteiger partial charge is 0.148 e. The van der Waals surface area contributed by atoms with Crippen molar-refractivity contribution in [1.29, 1.82) is 0 Å². The Balaban J connectivity index is 1.47. The van der Waals surface area contributed by atoms with E-state index >= 15 is 0 Å². The van der Waals surface area contributed by atoms with Gasteiger partial charge in [-0.15, -0.1) is 0 Å². The third kappa shape index (κ3) is 3.75. The molecule has 0 bridgehead atoms. The molecule has 2 fully saturated rings. The molecule has 4 rings (SSSR count). The van der Waals surface area contributed by atoms with Gasteiger partial charge in [0.1, 0.15) is 20.4 Å². The summed E-state index contributed by atoms with van der Waals surface area (Å²) < 4.78 is 0.887. The summed E-state index contributed by atoms with van der Waals surface area (Å²) >= 11 is 9.96. The van der Waals surface area contributed by atoms with Gasteiger partial charge < -0.3 is 10.6 Å². The van der Waals surface area contributed by atoms with Crippen molar-refractivity contribution in [3.05, 3.63) is 27.2 Å². The van der Waals surface area contributed by atoms with Gasteiger partial charge in [-0.25, -0.2) is 15.0 Å². The topological polar surface area (TPSA) is 67.9 Å². The fourth-order valence-corrected chi connectivity index (χ4v) is 5.74. The molecular formula is C18H21ClIN5S. The second-order valence-electron chi connectivity index (χ2n) is 7.13. The molecule has 0 unspecified atom stereocenters. The number of hydrogen-bond donors (Lipinski definition) is 1. The van der Waals surface area contributed by atoms with Crippen LogP contribution in [-0.4, -0.2) is 28.0 Å². The van der Waals surface area contributed by atoms with Gasteiger partial charge >= 0.3 is 0 Å². The van der Waals surface area contributed by atoms with Crippen LogP contribution in [0.15, 0.2) is 28.4 Å². The maximum absolute atomic E-state index is 6.24. The fraction of sp³-hybridized carbons (Fsp3) is 0.500. The lowest BCUT2D eigenvalue weighted by atomic mass is 9.77. The highest BCUT2D eigenvalue weighted by atomic mass is 127. The van der Waals surface area contributed by atoms with Crippen LogP contribution in [-0.2, 0) is 0 Å². The lowest BCUT2D eigenvalue weighted by molar-refractivity contribution is 0.226. The Morgan fingerprint density at radius 1 is 1.15 bits per heavy atom. The van der Waals surface area contributed by atoms with Gasteiger partial charge in [-0.3, -0.25) is 0 Å². The minimum absolute atomic E-state index is 0.338. The van der Waals surface area contributed by atoms with Gasteiger partial charge in [0.15, 0.2) is 0 Å². The average molecular weight is 502 g/mol. The number of piperidine rings is 1.